The number of likely N-dealkylation sites (tertiary alicyclic amines) is 1. The first kappa shape index (κ1) is 12.2. The highest BCUT2D eigenvalue weighted by Gasteiger charge is 2.27. The third-order valence-electron chi connectivity index (χ3n) is 4.10. The highest BCUT2D eigenvalue weighted by molar-refractivity contribution is 5.16. The molecule has 1 aromatic rings. The average Bonchev–Trinajstić information content (AvgIpc) is 3.17. The minimum Gasteiger partial charge on any atom is -0.303 e. The van der Waals surface area contributed by atoms with Crippen molar-refractivity contribution in [3.05, 3.63) is 42.1 Å². The number of rotatable bonds is 4. The van der Waals surface area contributed by atoms with E-state index >= 15 is 0 Å². The van der Waals surface area contributed by atoms with Crippen LogP contribution in [0.5, 0.6) is 0 Å². The lowest BCUT2D eigenvalue weighted by molar-refractivity contribution is 0.169. The molecule has 2 heteroatoms. The molecule has 3 rings (SSSR count). The Balaban J connectivity index is 1.53. The Morgan fingerprint density at radius 3 is 2.72 bits per heavy atom. The van der Waals surface area contributed by atoms with Crippen LogP contribution in [-0.2, 0) is 6.42 Å². The van der Waals surface area contributed by atoms with Crippen LogP contribution in [0.2, 0.25) is 0 Å². The number of nitrogens with zero attached hydrogens (tertiary/aromatic N) is 1. The topological polar surface area (TPSA) is 3.24 Å². The summed E-state index contributed by atoms with van der Waals surface area (Å²) < 4.78 is 12.9. The van der Waals surface area contributed by atoms with Gasteiger partial charge >= 0.3 is 0 Å². The number of hydrogen-bond donors (Lipinski definition) is 0. The molecule has 0 N–H and O–H groups in total. The summed E-state index contributed by atoms with van der Waals surface area (Å²) in [5.74, 6) is 1.49. The molecule has 0 bridgehead atoms. The Labute approximate surface area is 109 Å². The van der Waals surface area contributed by atoms with Crippen molar-refractivity contribution in [1.29, 1.82) is 0 Å². The van der Waals surface area contributed by atoms with E-state index in [9.17, 15) is 4.39 Å². The van der Waals surface area contributed by atoms with Gasteiger partial charge in [0.2, 0.25) is 0 Å². The summed E-state index contributed by atoms with van der Waals surface area (Å²) in [5.41, 5.74) is 1.28. The molecular weight excluding hydrogens is 225 g/mol. The fourth-order valence-corrected chi connectivity index (χ4v) is 3.01. The van der Waals surface area contributed by atoms with E-state index < -0.39 is 0 Å². The molecule has 2 fully saturated rings. The minimum atomic E-state index is -0.131. The van der Waals surface area contributed by atoms with Crippen molar-refractivity contribution in [3.8, 4) is 0 Å². The van der Waals surface area contributed by atoms with Crippen molar-refractivity contribution in [2.45, 2.75) is 25.7 Å². The molecule has 1 saturated heterocycles. The summed E-state index contributed by atoms with van der Waals surface area (Å²) in [6, 6.07) is 7.02. The van der Waals surface area contributed by atoms with Gasteiger partial charge in [-0.2, -0.15) is 0 Å². The van der Waals surface area contributed by atoms with E-state index in [2.05, 4.69) is 11.3 Å². The molecule has 1 aromatic carbocycles. The Morgan fingerprint density at radius 2 is 2.00 bits per heavy atom. The standard InChI is InChI=1S/C16H21FN/c17-16-7-5-13(6-8-16)10-15-2-1-9-18(12-15)11-14-3-4-14/h3,5-8,14-15H,1-2,4,9-12H2/t14?,15-/m0/s1. The summed E-state index contributed by atoms with van der Waals surface area (Å²) in [7, 11) is 0. The fourth-order valence-electron chi connectivity index (χ4n) is 3.01. The van der Waals surface area contributed by atoms with E-state index in [0.717, 1.165) is 18.3 Å². The van der Waals surface area contributed by atoms with Crippen LogP contribution in [0.15, 0.2) is 24.3 Å². The van der Waals surface area contributed by atoms with Gasteiger partial charge in [0.15, 0.2) is 0 Å². The van der Waals surface area contributed by atoms with E-state index in [1.54, 1.807) is 12.1 Å². The van der Waals surface area contributed by atoms with Gasteiger partial charge in [-0.15, -0.1) is 0 Å². The van der Waals surface area contributed by atoms with E-state index in [4.69, 9.17) is 0 Å². The Morgan fingerprint density at radius 1 is 1.22 bits per heavy atom. The normalized spacial score (nSPS) is 25.3. The molecule has 1 aliphatic heterocycles. The number of piperidine rings is 1. The molecule has 0 spiro atoms. The third kappa shape index (κ3) is 3.32. The summed E-state index contributed by atoms with van der Waals surface area (Å²) >= 11 is 0. The van der Waals surface area contributed by atoms with Gasteiger partial charge in [0.25, 0.3) is 0 Å². The van der Waals surface area contributed by atoms with Gasteiger partial charge in [0.1, 0.15) is 5.82 Å². The number of hydrogen-bond acceptors (Lipinski definition) is 1. The second-order valence-corrected chi connectivity index (χ2v) is 5.83. The third-order valence-corrected chi connectivity index (χ3v) is 4.10. The molecule has 2 atom stereocenters. The van der Waals surface area contributed by atoms with Crippen LogP contribution < -0.4 is 0 Å². The van der Waals surface area contributed by atoms with Crippen molar-refractivity contribution < 1.29 is 4.39 Å². The molecule has 97 valence electrons. The molecule has 2 aliphatic rings. The van der Waals surface area contributed by atoms with Crippen molar-refractivity contribution in [2.75, 3.05) is 19.6 Å². The molecule has 1 heterocycles. The lowest BCUT2D eigenvalue weighted by atomic mass is 9.91. The van der Waals surface area contributed by atoms with E-state index in [-0.39, 0.29) is 5.82 Å². The predicted molar refractivity (Wildman–Crippen MR) is 71.7 cm³/mol. The van der Waals surface area contributed by atoms with Crippen LogP contribution >= 0.6 is 0 Å². The Bertz CT molecular complexity index is 383. The maximum atomic E-state index is 12.9. The highest BCUT2D eigenvalue weighted by atomic mass is 19.1. The van der Waals surface area contributed by atoms with E-state index in [1.807, 2.05) is 12.1 Å². The van der Waals surface area contributed by atoms with E-state index in [1.165, 1.54) is 44.5 Å². The minimum absolute atomic E-state index is 0.131. The Hall–Kier alpha value is -0.890. The van der Waals surface area contributed by atoms with Crippen LogP contribution in [0.1, 0.15) is 24.8 Å². The van der Waals surface area contributed by atoms with Crippen LogP contribution in [0, 0.1) is 24.1 Å². The molecule has 1 aliphatic carbocycles. The van der Waals surface area contributed by atoms with Gasteiger partial charge in [-0.1, -0.05) is 12.1 Å². The van der Waals surface area contributed by atoms with Crippen LogP contribution in [-0.4, -0.2) is 24.5 Å². The number of benzene rings is 1. The van der Waals surface area contributed by atoms with Crippen molar-refractivity contribution >= 4 is 0 Å². The number of halogens is 1. The quantitative estimate of drug-likeness (QED) is 0.788. The zero-order valence-corrected chi connectivity index (χ0v) is 10.8. The zero-order chi connectivity index (χ0) is 12.4. The SMILES string of the molecule is Fc1ccc(C[C@@H]2CCCN(CC3[CH]C3)C2)cc1. The van der Waals surface area contributed by atoms with Gasteiger partial charge in [-0.3, -0.25) is 0 Å². The molecule has 0 amide bonds. The first-order valence-corrected chi connectivity index (χ1v) is 7.10. The lowest BCUT2D eigenvalue weighted by Crippen LogP contribution is -2.37. The average molecular weight is 246 g/mol. The molecule has 18 heavy (non-hydrogen) atoms. The molecule has 1 radical (unpaired) electrons. The van der Waals surface area contributed by atoms with Gasteiger partial charge in [0.05, 0.1) is 0 Å². The van der Waals surface area contributed by atoms with Gasteiger partial charge in [-0.25, -0.2) is 4.39 Å². The van der Waals surface area contributed by atoms with Gasteiger partial charge in [0, 0.05) is 13.1 Å². The van der Waals surface area contributed by atoms with Gasteiger partial charge < -0.3 is 4.90 Å². The van der Waals surface area contributed by atoms with Gasteiger partial charge in [-0.05, 0) is 68.2 Å². The van der Waals surface area contributed by atoms with Crippen molar-refractivity contribution in [2.24, 2.45) is 11.8 Å². The highest BCUT2D eigenvalue weighted by Crippen LogP contribution is 2.30. The molecule has 1 saturated carbocycles. The first-order chi connectivity index (χ1) is 8.79. The maximum absolute atomic E-state index is 12.9. The molecular formula is C16H21FN. The predicted octanol–water partition coefficient (Wildman–Crippen LogP) is 3.30. The van der Waals surface area contributed by atoms with Crippen LogP contribution in [0.4, 0.5) is 4.39 Å². The molecule has 1 unspecified atom stereocenters. The zero-order valence-electron chi connectivity index (χ0n) is 10.8. The summed E-state index contributed by atoms with van der Waals surface area (Å²) in [6.07, 6.45) is 7.47. The van der Waals surface area contributed by atoms with Crippen LogP contribution in [0.3, 0.4) is 0 Å². The van der Waals surface area contributed by atoms with Crippen molar-refractivity contribution in [3.63, 3.8) is 0 Å². The second-order valence-electron chi connectivity index (χ2n) is 5.83. The van der Waals surface area contributed by atoms with Crippen molar-refractivity contribution in [1.82, 2.24) is 4.90 Å². The largest absolute Gasteiger partial charge is 0.303 e. The Kier molecular flexibility index (Phi) is 3.64. The smallest absolute Gasteiger partial charge is 0.123 e. The summed E-state index contributed by atoms with van der Waals surface area (Å²) in [5, 5.41) is 0. The molecule has 1 nitrogen and oxygen atoms in total. The summed E-state index contributed by atoms with van der Waals surface area (Å²) in [4.78, 5) is 2.62. The van der Waals surface area contributed by atoms with E-state index in [0.29, 0.717) is 0 Å². The summed E-state index contributed by atoms with van der Waals surface area (Å²) in [6.45, 7) is 3.76. The monoisotopic (exact) mass is 246 g/mol. The molecule has 0 aromatic heterocycles. The lowest BCUT2D eigenvalue weighted by Gasteiger charge is -2.32. The second kappa shape index (κ2) is 5.40. The first-order valence-electron chi connectivity index (χ1n) is 7.10. The fraction of sp³-hybridized carbons (Fsp3) is 0.562. The van der Waals surface area contributed by atoms with Crippen LogP contribution in [0.25, 0.3) is 0 Å². The maximum Gasteiger partial charge on any atom is 0.123 e.